The highest BCUT2D eigenvalue weighted by Crippen LogP contribution is 2.27. The maximum absolute atomic E-state index is 12.3. The van der Waals surface area contributed by atoms with Gasteiger partial charge in [0.05, 0.1) is 13.1 Å². The van der Waals surface area contributed by atoms with Crippen LogP contribution in [0.3, 0.4) is 0 Å². The molecular weight excluding hydrogens is 238 g/mol. The second-order valence-electron chi connectivity index (χ2n) is 6.64. The Kier molecular flexibility index (Phi) is 3.43. The molecule has 0 aromatic heterocycles. The van der Waals surface area contributed by atoms with Gasteiger partial charge < -0.3 is 9.64 Å². The number of likely N-dealkylation sites (tertiary alicyclic amines) is 1. The lowest BCUT2D eigenvalue weighted by molar-refractivity contribution is -0.0947. The van der Waals surface area contributed by atoms with Gasteiger partial charge in [-0.25, -0.2) is 0 Å². The molecule has 0 aliphatic carbocycles. The number of ether oxygens (including phenoxy) is 1. The first kappa shape index (κ1) is 14.1. The lowest BCUT2D eigenvalue weighted by Crippen LogP contribution is -2.62. The van der Waals surface area contributed by atoms with Crippen LogP contribution in [0.4, 0.5) is 0 Å². The van der Waals surface area contributed by atoms with Gasteiger partial charge in [-0.1, -0.05) is 32.9 Å². The van der Waals surface area contributed by atoms with Crippen molar-refractivity contribution in [2.75, 3.05) is 20.2 Å². The number of rotatable bonds is 2. The number of benzene rings is 1. The van der Waals surface area contributed by atoms with Crippen molar-refractivity contribution in [3.63, 3.8) is 0 Å². The van der Waals surface area contributed by atoms with Crippen LogP contribution in [0.5, 0.6) is 0 Å². The van der Waals surface area contributed by atoms with Gasteiger partial charge in [-0.05, 0) is 30.0 Å². The average Bonchev–Trinajstić information content (AvgIpc) is 2.33. The first-order valence-corrected chi connectivity index (χ1v) is 6.70. The molecule has 1 aliphatic rings. The van der Waals surface area contributed by atoms with Crippen LogP contribution in [0.15, 0.2) is 24.3 Å². The molecule has 0 saturated carbocycles. The van der Waals surface area contributed by atoms with E-state index in [1.54, 1.807) is 7.11 Å². The lowest BCUT2D eigenvalue weighted by Gasteiger charge is -2.46. The van der Waals surface area contributed by atoms with Crippen molar-refractivity contribution in [2.45, 2.75) is 38.7 Å². The van der Waals surface area contributed by atoms with Crippen LogP contribution in [0.2, 0.25) is 0 Å². The van der Waals surface area contributed by atoms with Crippen LogP contribution in [0.25, 0.3) is 0 Å². The molecule has 0 atom stereocenters. The van der Waals surface area contributed by atoms with Crippen LogP contribution in [0, 0.1) is 0 Å². The van der Waals surface area contributed by atoms with E-state index in [1.807, 2.05) is 36.1 Å². The van der Waals surface area contributed by atoms with E-state index in [0.29, 0.717) is 13.1 Å². The molecule has 0 radical (unpaired) electrons. The van der Waals surface area contributed by atoms with E-state index < -0.39 is 0 Å². The van der Waals surface area contributed by atoms with Crippen LogP contribution in [-0.4, -0.2) is 36.6 Å². The van der Waals surface area contributed by atoms with Crippen LogP contribution in [-0.2, 0) is 10.2 Å². The summed E-state index contributed by atoms with van der Waals surface area (Å²) in [6.45, 7) is 9.88. The summed E-state index contributed by atoms with van der Waals surface area (Å²) in [5, 5.41) is 0. The Morgan fingerprint density at radius 1 is 1.21 bits per heavy atom. The molecule has 1 fully saturated rings. The number of nitrogens with zero attached hydrogens (tertiary/aromatic N) is 1. The Balaban J connectivity index is 2.06. The maximum Gasteiger partial charge on any atom is 0.254 e. The number of methoxy groups -OCH3 is 1. The van der Waals surface area contributed by atoms with Crippen molar-refractivity contribution in [2.24, 2.45) is 0 Å². The Bertz CT molecular complexity index is 465. The summed E-state index contributed by atoms with van der Waals surface area (Å²) in [6, 6.07) is 7.93. The normalized spacial score (nSPS) is 18.1. The largest absolute Gasteiger partial charge is 0.375 e. The van der Waals surface area contributed by atoms with E-state index >= 15 is 0 Å². The number of hydrogen-bond acceptors (Lipinski definition) is 2. The minimum absolute atomic E-state index is 0.0926. The quantitative estimate of drug-likeness (QED) is 0.819. The van der Waals surface area contributed by atoms with Gasteiger partial charge in [0, 0.05) is 12.7 Å². The maximum atomic E-state index is 12.3. The highest BCUT2D eigenvalue weighted by atomic mass is 16.5. The average molecular weight is 261 g/mol. The fourth-order valence-electron chi connectivity index (χ4n) is 2.33. The summed E-state index contributed by atoms with van der Waals surface area (Å²) in [6.07, 6.45) is 0. The first-order valence-electron chi connectivity index (χ1n) is 6.70. The predicted molar refractivity (Wildman–Crippen MR) is 76.5 cm³/mol. The molecule has 3 nitrogen and oxygen atoms in total. The highest BCUT2D eigenvalue weighted by Gasteiger charge is 2.41. The zero-order valence-electron chi connectivity index (χ0n) is 12.5. The third-order valence-corrected chi connectivity index (χ3v) is 3.83. The van der Waals surface area contributed by atoms with Crippen molar-refractivity contribution >= 4 is 5.91 Å². The molecule has 0 spiro atoms. The van der Waals surface area contributed by atoms with Gasteiger partial charge in [0.1, 0.15) is 5.60 Å². The number of amides is 1. The van der Waals surface area contributed by atoms with Crippen LogP contribution >= 0.6 is 0 Å². The SMILES string of the molecule is COC1(C)CN(C(=O)c2ccc(C(C)(C)C)cc2)C1. The van der Waals surface area contributed by atoms with Crippen molar-refractivity contribution in [3.05, 3.63) is 35.4 Å². The summed E-state index contributed by atoms with van der Waals surface area (Å²) in [5.74, 6) is 0.0926. The molecule has 1 amide bonds. The highest BCUT2D eigenvalue weighted by molar-refractivity contribution is 5.95. The molecule has 1 aliphatic heterocycles. The van der Waals surface area contributed by atoms with Crippen molar-refractivity contribution < 1.29 is 9.53 Å². The molecule has 0 unspecified atom stereocenters. The van der Waals surface area contributed by atoms with Crippen LogP contribution < -0.4 is 0 Å². The fraction of sp³-hybridized carbons (Fsp3) is 0.562. The Morgan fingerprint density at radius 2 is 1.74 bits per heavy atom. The summed E-state index contributed by atoms with van der Waals surface area (Å²) >= 11 is 0. The van der Waals surface area contributed by atoms with Gasteiger partial charge in [-0.15, -0.1) is 0 Å². The Hall–Kier alpha value is -1.35. The fourth-order valence-corrected chi connectivity index (χ4v) is 2.33. The molecule has 1 saturated heterocycles. The van der Waals surface area contributed by atoms with E-state index in [0.717, 1.165) is 5.56 Å². The van der Waals surface area contributed by atoms with E-state index in [1.165, 1.54) is 5.56 Å². The number of carbonyl (C=O) groups excluding carboxylic acids is 1. The molecule has 1 aromatic carbocycles. The monoisotopic (exact) mass is 261 g/mol. The Labute approximate surface area is 115 Å². The van der Waals surface area contributed by atoms with Gasteiger partial charge in [-0.2, -0.15) is 0 Å². The van der Waals surface area contributed by atoms with Crippen LogP contribution in [0.1, 0.15) is 43.6 Å². The van der Waals surface area contributed by atoms with Gasteiger partial charge in [0.15, 0.2) is 0 Å². The molecular formula is C16H23NO2. The minimum atomic E-state index is -0.166. The molecule has 1 heterocycles. The smallest absolute Gasteiger partial charge is 0.254 e. The van der Waals surface area contributed by atoms with Crippen molar-refractivity contribution in [3.8, 4) is 0 Å². The predicted octanol–water partition coefficient (Wildman–Crippen LogP) is 2.85. The minimum Gasteiger partial charge on any atom is -0.375 e. The molecule has 19 heavy (non-hydrogen) atoms. The van der Waals surface area contributed by atoms with Gasteiger partial charge in [0.25, 0.3) is 5.91 Å². The lowest BCUT2D eigenvalue weighted by atomic mass is 9.86. The van der Waals surface area contributed by atoms with E-state index in [4.69, 9.17) is 4.74 Å². The van der Waals surface area contributed by atoms with E-state index in [-0.39, 0.29) is 16.9 Å². The van der Waals surface area contributed by atoms with Gasteiger partial charge in [-0.3, -0.25) is 4.79 Å². The zero-order chi connectivity index (χ0) is 14.3. The first-order chi connectivity index (χ1) is 8.75. The molecule has 104 valence electrons. The van der Waals surface area contributed by atoms with Gasteiger partial charge in [0.2, 0.25) is 0 Å². The second kappa shape index (κ2) is 4.64. The Morgan fingerprint density at radius 3 is 2.16 bits per heavy atom. The molecule has 1 aromatic rings. The van der Waals surface area contributed by atoms with E-state index in [9.17, 15) is 4.79 Å². The van der Waals surface area contributed by atoms with Gasteiger partial charge >= 0.3 is 0 Å². The standard InChI is InChI=1S/C16H23NO2/c1-15(2,3)13-8-6-12(7-9-13)14(18)17-10-16(4,11-17)19-5/h6-9H,10-11H2,1-5H3. The van der Waals surface area contributed by atoms with Crippen molar-refractivity contribution in [1.29, 1.82) is 0 Å². The number of carbonyl (C=O) groups is 1. The van der Waals surface area contributed by atoms with E-state index in [2.05, 4.69) is 20.8 Å². The third kappa shape index (κ3) is 2.81. The molecule has 0 N–H and O–H groups in total. The second-order valence-corrected chi connectivity index (χ2v) is 6.64. The summed E-state index contributed by atoms with van der Waals surface area (Å²) in [4.78, 5) is 14.1. The molecule has 3 heteroatoms. The zero-order valence-corrected chi connectivity index (χ0v) is 12.5. The molecule has 0 bridgehead atoms. The topological polar surface area (TPSA) is 29.5 Å². The van der Waals surface area contributed by atoms with Crippen molar-refractivity contribution in [1.82, 2.24) is 4.90 Å². The third-order valence-electron chi connectivity index (χ3n) is 3.83. The summed E-state index contributed by atoms with van der Waals surface area (Å²) < 4.78 is 5.36. The molecule has 2 rings (SSSR count). The number of hydrogen-bond donors (Lipinski definition) is 0. The summed E-state index contributed by atoms with van der Waals surface area (Å²) in [7, 11) is 1.69. The summed E-state index contributed by atoms with van der Waals surface area (Å²) in [5.41, 5.74) is 1.95.